The second kappa shape index (κ2) is 12.3. The third-order valence-corrected chi connectivity index (χ3v) is 4.96. The van der Waals surface area contributed by atoms with Gasteiger partial charge in [-0.15, -0.1) is 0 Å². The summed E-state index contributed by atoms with van der Waals surface area (Å²) in [5.41, 5.74) is 2.59. The number of aliphatic hydroxyl groups is 1. The van der Waals surface area contributed by atoms with E-state index in [1.807, 2.05) is 13.0 Å². The summed E-state index contributed by atoms with van der Waals surface area (Å²) in [6.45, 7) is 2.07. The van der Waals surface area contributed by atoms with E-state index in [0.29, 0.717) is 41.3 Å². The Kier molecular flexibility index (Phi) is 8.87. The number of rotatable bonds is 10. The predicted octanol–water partition coefficient (Wildman–Crippen LogP) is 4.38. The fourth-order valence-corrected chi connectivity index (χ4v) is 3.23. The molecule has 10 heteroatoms. The molecule has 0 saturated carbocycles. The first-order valence-corrected chi connectivity index (χ1v) is 10.8. The topological polar surface area (TPSA) is 135 Å². The Bertz CT molecular complexity index is 1090. The maximum absolute atomic E-state index is 12.5. The highest BCUT2D eigenvalue weighted by molar-refractivity contribution is 6.00. The average Bonchev–Trinajstić information content (AvgIpc) is 3.37. The van der Waals surface area contributed by atoms with E-state index in [1.54, 1.807) is 42.6 Å². The van der Waals surface area contributed by atoms with Crippen molar-refractivity contribution in [1.82, 2.24) is 10.3 Å². The number of hydrogen-bond donors (Lipinski definition) is 4. The zero-order valence-corrected chi connectivity index (χ0v) is 19.0. The van der Waals surface area contributed by atoms with Crippen LogP contribution in [0, 0.1) is 0 Å². The van der Waals surface area contributed by atoms with Crippen molar-refractivity contribution in [1.29, 1.82) is 0 Å². The van der Waals surface area contributed by atoms with Gasteiger partial charge in [-0.25, -0.2) is 14.6 Å². The number of aliphatic hydroxyl groups excluding tert-OH is 1. The van der Waals surface area contributed by atoms with Crippen LogP contribution in [0.25, 0.3) is 11.3 Å². The fourth-order valence-electron chi connectivity index (χ4n) is 3.23. The van der Waals surface area contributed by atoms with Crippen LogP contribution in [-0.2, 0) is 11.3 Å². The summed E-state index contributed by atoms with van der Waals surface area (Å²) in [6.07, 6.45) is 3.05. The monoisotopic (exact) mass is 468 g/mol. The van der Waals surface area contributed by atoms with E-state index in [2.05, 4.69) is 20.9 Å². The Morgan fingerprint density at radius 3 is 2.62 bits per heavy atom. The lowest BCUT2D eigenvalue weighted by molar-refractivity contribution is 0.0779. The van der Waals surface area contributed by atoms with Crippen LogP contribution in [0.3, 0.4) is 0 Å². The standard InChI is InChI=1S/C24H28N4O6/c1-3-19(9-10-29)34-24(31)26-13-16-5-4-6-17(11-16)27-23(30)28-18-7-8-20(21(12-18)32-2)22-14-25-15-33-22/h4-8,11-12,14-15,19,29H,3,9-10,13H2,1-2H3,(H,26,31)(H2,27,28,30)/t19-/m1/s1. The number of carbonyl (C=O) groups excluding carboxylic acids is 2. The van der Waals surface area contributed by atoms with E-state index in [0.717, 1.165) is 5.56 Å². The predicted molar refractivity (Wildman–Crippen MR) is 127 cm³/mol. The first kappa shape index (κ1) is 24.6. The summed E-state index contributed by atoms with van der Waals surface area (Å²) < 4.78 is 16.0. The number of benzene rings is 2. The molecule has 1 atom stereocenters. The largest absolute Gasteiger partial charge is 0.496 e. The van der Waals surface area contributed by atoms with Crippen LogP contribution >= 0.6 is 0 Å². The molecule has 0 bridgehead atoms. The third kappa shape index (κ3) is 6.97. The van der Waals surface area contributed by atoms with Gasteiger partial charge in [-0.1, -0.05) is 19.1 Å². The number of hydrogen-bond acceptors (Lipinski definition) is 7. The molecule has 3 amide bonds. The smallest absolute Gasteiger partial charge is 0.407 e. The number of alkyl carbamates (subject to hydrolysis) is 1. The Hall–Kier alpha value is -4.05. The molecule has 0 spiro atoms. The summed E-state index contributed by atoms with van der Waals surface area (Å²) in [6, 6.07) is 11.8. The summed E-state index contributed by atoms with van der Waals surface area (Å²) in [7, 11) is 1.53. The lowest BCUT2D eigenvalue weighted by atomic mass is 10.1. The van der Waals surface area contributed by atoms with Gasteiger partial charge in [0.25, 0.3) is 0 Å². The van der Waals surface area contributed by atoms with Gasteiger partial charge in [0.15, 0.2) is 12.2 Å². The molecule has 0 aliphatic heterocycles. The highest BCUT2D eigenvalue weighted by Gasteiger charge is 2.13. The summed E-state index contributed by atoms with van der Waals surface area (Å²) in [5.74, 6) is 1.08. The molecule has 2 aromatic carbocycles. The van der Waals surface area contributed by atoms with Crippen LogP contribution in [-0.4, -0.2) is 42.0 Å². The number of amides is 3. The zero-order chi connectivity index (χ0) is 24.3. The number of aromatic nitrogens is 1. The number of urea groups is 1. The molecule has 0 aliphatic carbocycles. The van der Waals surface area contributed by atoms with Crippen molar-refractivity contribution < 1.29 is 28.6 Å². The van der Waals surface area contributed by atoms with Crippen LogP contribution < -0.4 is 20.7 Å². The number of methoxy groups -OCH3 is 1. The Morgan fingerprint density at radius 2 is 1.94 bits per heavy atom. The van der Waals surface area contributed by atoms with E-state index in [4.69, 9.17) is 19.0 Å². The zero-order valence-electron chi connectivity index (χ0n) is 19.0. The molecule has 1 aromatic heterocycles. The molecule has 0 aliphatic rings. The highest BCUT2D eigenvalue weighted by atomic mass is 16.6. The Labute approximate surface area is 197 Å². The molecule has 3 rings (SSSR count). The molecule has 3 aromatic rings. The minimum Gasteiger partial charge on any atom is -0.496 e. The average molecular weight is 469 g/mol. The summed E-state index contributed by atoms with van der Waals surface area (Å²) >= 11 is 0. The third-order valence-electron chi connectivity index (χ3n) is 4.96. The highest BCUT2D eigenvalue weighted by Crippen LogP contribution is 2.32. The number of oxazole rings is 1. The van der Waals surface area contributed by atoms with E-state index >= 15 is 0 Å². The lowest BCUT2D eigenvalue weighted by Crippen LogP contribution is -2.29. The van der Waals surface area contributed by atoms with Crippen LogP contribution in [0.1, 0.15) is 25.3 Å². The Balaban J connectivity index is 1.55. The van der Waals surface area contributed by atoms with Gasteiger partial charge in [0, 0.05) is 37.0 Å². The number of anilines is 2. The minimum absolute atomic E-state index is 0.0417. The van der Waals surface area contributed by atoms with Gasteiger partial charge in [0.1, 0.15) is 11.9 Å². The normalized spacial score (nSPS) is 11.4. The Morgan fingerprint density at radius 1 is 1.15 bits per heavy atom. The van der Waals surface area contributed by atoms with Crippen LogP contribution in [0.2, 0.25) is 0 Å². The van der Waals surface area contributed by atoms with Crippen molar-refractivity contribution in [3.63, 3.8) is 0 Å². The van der Waals surface area contributed by atoms with Crippen molar-refractivity contribution in [2.45, 2.75) is 32.4 Å². The number of carbonyl (C=O) groups is 2. The second-order valence-corrected chi connectivity index (χ2v) is 7.36. The molecule has 4 N–H and O–H groups in total. The molecule has 34 heavy (non-hydrogen) atoms. The van der Waals surface area contributed by atoms with Gasteiger partial charge in [0.05, 0.1) is 18.9 Å². The lowest BCUT2D eigenvalue weighted by Gasteiger charge is -2.15. The minimum atomic E-state index is -0.556. The second-order valence-electron chi connectivity index (χ2n) is 7.36. The molecule has 1 heterocycles. The van der Waals surface area contributed by atoms with Gasteiger partial charge in [0.2, 0.25) is 0 Å². The summed E-state index contributed by atoms with van der Waals surface area (Å²) in [4.78, 5) is 28.4. The number of nitrogens with one attached hydrogen (secondary N) is 3. The SMILES string of the molecule is CC[C@H](CCO)OC(=O)NCc1cccc(NC(=O)Nc2ccc(-c3cnco3)c(OC)c2)c1. The van der Waals surface area contributed by atoms with Crippen LogP contribution in [0.15, 0.2) is 59.5 Å². The molecule has 0 fully saturated rings. The van der Waals surface area contributed by atoms with Crippen LogP contribution in [0.4, 0.5) is 21.0 Å². The molecule has 180 valence electrons. The van der Waals surface area contributed by atoms with Gasteiger partial charge in [-0.05, 0) is 36.2 Å². The first-order valence-electron chi connectivity index (χ1n) is 10.8. The molecule has 10 nitrogen and oxygen atoms in total. The number of ether oxygens (including phenoxy) is 2. The molecule has 0 unspecified atom stereocenters. The summed E-state index contributed by atoms with van der Waals surface area (Å²) in [5, 5.41) is 17.2. The van der Waals surface area contributed by atoms with Gasteiger partial charge < -0.3 is 34.9 Å². The van der Waals surface area contributed by atoms with Crippen molar-refractivity contribution >= 4 is 23.5 Å². The molecule has 0 saturated heterocycles. The number of nitrogens with zero attached hydrogens (tertiary/aromatic N) is 1. The van der Waals surface area contributed by atoms with E-state index in [1.165, 1.54) is 13.5 Å². The quantitative estimate of drug-likeness (QED) is 0.347. The maximum Gasteiger partial charge on any atom is 0.407 e. The first-order chi connectivity index (χ1) is 16.5. The fraction of sp³-hybridized carbons (Fsp3) is 0.292. The van der Waals surface area contributed by atoms with Crippen LogP contribution in [0.5, 0.6) is 5.75 Å². The van der Waals surface area contributed by atoms with Gasteiger partial charge in [-0.2, -0.15) is 0 Å². The van der Waals surface area contributed by atoms with Gasteiger partial charge >= 0.3 is 12.1 Å². The van der Waals surface area contributed by atoms with Crippen molar-refractivity contribution in [3.05, 3.63) is 60.6 Å². The molecule has 0 radical (unpaired) electrons. The van der Waals surface area contributed by atoms with Gasteiger partial charge in [-0.3, -0.25) is 0 Å². The van der Waals surface area contributed by atoms with Crippen molar-refractivity contribution in [3.8, 4) is 17.1 Å². The van der Waals surface area contributed by atoms with Crippen molar-refractivity contribution in [2.75, 3.05) is 24.4 Å². The molecular weight excluding hydrogens is 440 g/mol. The molecular formula is C24H28N4O6. The van der Waals surface area contributed by atoms with E-state index < -0.39 is 12.1 Å². The van der Waals surface area contributed by atoms with E-state index in [9.17, 15) is 9.59 Å². The maximum atomic E-state index is 12.5. The van der Waals surface area contributed by atoms with Crippen molar-refractivity contribution in [2.24, 2.45) is 0 Å². The van der Waals surface area contributed by atoms with E-state index in [-0.39, 0.29) is 19.3 Å².